The Bertz CT molecular complexity index is 269. The fourth-order valence-corrected chi connectivity index (χ4v) is 2.03. The van der Waals surface area contributed by atoms with Gasteiger partial charge < -0.3 is 0 Å². The standard InChI is InChI=1S/C6H9NO2S/c1-2-6(4-3-5-6)10(7,8)9/h1H,3-5H2,(H2,7,8,9). The topological polar surface area (TPSA) is 60.2 Å². The normalized spacial score (nSPS) is 22.8. The third-order valence-electron chi connectivity index (χ3n) is 1.97. The molecular formula is C6H9NO2S. The van der Waals surface area contributed by atoms with Gasteiger partial charge in [-0.15, -0.1) is 6.42 Å². The first-order valence-corrected chi connectivity index (χ1v) is 4.57. The van der Waals surface area contributed by atoms with Crippen LogP contribution in [0.5, 0.6) is 0 Å². The predicted octanol–water partition coefficient (Wildman–Crippen LogP) is -0.169. The minimum atomic E-state index is -3.51. The molecule has 10 heavy (non-hydrogen) atoms. The molecule has 0 amide bonds. The van der Waals surface area contributed by atoms with Crippen LogP contribution in [0, 0.1) is 12.3 Å². The zero-order chi connectivity index (χ0) is 7.83. The van der Waals surface area contributed by atoms with Crippen molar-refractivity contribution in [3.05, 3.63) is 0 Å². The van der Waals surface area contributed by atoms with E-state index >= 15 is 0 Å². The SMILES string of the molecule is C#CC1(S(N)(=O)=O)CCC1. The zero-order valence-corrected chi connectivity index (χ0v) is 6.32. The number of terminal acetylenes is 1. The molecule has 0 aromatic rings. The van der Waals surface area contributed by atoms with E-state index in [9.17, 15) is 8.42 Å². The van der Waals surface area contributed by atoms with Crippen LogP contribution < -0.4 is 5.14 Å². The summed E-state index contributed by atoms with van der Waals surface area (Å²) in [4.78, 5) is 0. The van der Waals surface area contributed by atoms with Gasteiger partial charge in [0, 0.05) is 0 Å². The van der Waals surface area contributed by atoms with Crippen LogP contribution in [0.4, 0.5) is 0 Å². The van der Waals surface area contributed by atoms with E-state index in [2.05, 4.69) is 5.92 Å². The van der Waals surface area contributed by atoms with Crippen LogP contribution in [-0.2, 0) is 10.0 Å². The number of sulfonamides is 1. The first-order chi connectivity index (χ1) is 4.52. The van der Waals surface area contributed by atoms with Crippen LogP contribution in [0.25, 0.3) is 0 Å². The summed E-state index contributed by atoms with van der Waals surface area (Å²) in [6.45, 7) is 0. The maximum Gasteiger partial charge on any atom is 0.226 e. The molecule has 0 radical (unpaired) electrons. The van der Waals surface area contributed by atoms with E-state index in [4.69, 9.17) is 11.6 Å². The Balaban J connectivity index is 3.00. The number of hydrogen-bond donors (Lipinski definition) is 1. The molecule has 2 N–H and O–H groups in total. The summed E-state index contributed by atoms with van der Waals surface area (Å²) in [5, 5.41) is 4.92. The van der Waals surface area contributed by atoms with Crippen LogP contribution in [0.2, 0.25) is 0 Å². The molecule has 1 saturated carbocycles. The molecule has 0 saturated heterocycles. The Kier molecular flexibility index (Phi) is 1.50. The van der Waals surface area contributed by atoms with Crippen LogP contribution in [0.3, 0.4) is 0 Å². The molecule has 0 bridgehead atoms. The van der Waals surface area contributed by atoms with Crippen molar-refractivity contribution in [3.63, 3.8) is 0 Å². The van der Waals surface area contributed by atoms with E-state index in [1.165, 1.54) is 0 Å². The Morgan fingerprint density at radius 3 is 2.00 bits per heavy atom. The monoisotopic (exact) mass is 159 g/mol. The van der Waals surface area contributed by atoms with Gasteiger partial charge in [-0.2, -0.15) is 0 Å². The van der Waals surface area contributed by atoms with Crippen molar-refractivity contribution in [3.8, 4) is 12.3 Å². The van der Waals surface area contributed by atoms with Gasteiger partial charge in [0.15, 0.2) is 0 Å². The average Bonchev–Trinajstić information content (AvgIpc) is 1.58. The van der Waals surface area contributed by atoms with Crippen molar-refractivity contribution in [1.29, 1.82) is 0 Å². The van der Waals surface area contributed by atoms with Gasteiger partial charge >= 0.3 is 0 Å². The highest BCUT2D eigenvalue weighted by atomic mass is 32.2. The molecule has 0 heterocycles. The minimum absolute atomic E-state index is 0.516. The van der Waals surface area contributed by atoms with Crippen LogP contribution in [-0.4, -0.2) is 13.2 Å². The van der Waals surface area contributed by atoms with E-state index in [0.717, 1.165) is 6.42 Å². The maximum atomic E-state index is 10.8. The zero-order valence-electron chi connectivity index (χ0n) is 5.50. The molecule has 1 aliphatic rings. The average molecular weight is 159 g/mol. The lowest BCUT2D eigenvalue weighted by atomic mass is 9.85. The van der Waals surface area contributed by atoms with Gasteiger partial charge in [0.25, 0.3) is 0 Å². The van der Waals surface area contributed by atoms with Crippen LogP contribution in [0.1, 0.15) is 19.3 Å². The maximum absolute atomic E-state index is 10.8. The van der Waals surface area contributed by atoms with Gasteiger partial charge in [-0.05, 0) is 19.3 Å². The van der Waals surface area contributed by atoms with Gasteiger partial charge in [0.2, 0.25) is 10.0 Å². The first-order valence-electron chi connectivity index (χ1n) is 3.02. The van der Waals surface area contributed by atoms with Gasteiger partial charge in [0.05, 0.1) is 0 Å². The molecule has 56 valence electrons. The molecule has 0 spiro atoms. The fourth-order valence-electron chi connectivity index (χ4n) is 1.01. The molecule has 0 aromatic heterocycles. The van der Waals surface area contributed by atoms with Crippen molar-refractivity contribution in [2.24, 2.45) is 5.14 Å². The van der Waals surface area contributed by atoms with E-state index in [1.54, 1.807) is 0 Å². The van der Waals surface area contributed by atoms with Crippen molar-refractivity contribution in [2.75, 3.05) is 0 Å². The third kappa shape index (κ3) is 0.825. The molecular weight excluding hydrogens is 150 g/mol. The summed E-state index contributed by atoms with van der Waals surface area (Å²) in [6, 6.07) is 0. The Hall–Kier alpha value is -0.530. The second-order valence-electron chi connectivity index (χ2n) is 2.54. The van der Waals surface area contributed by atoms with E-state index in [0.29, 0.717) is 12.8 Å². The van der Waals surface area contributed by atoms with E-state index in [-0.39, 0.29) is 0 Å². The summed E-state index contributed by atoms with van der Waals surface area (Å²) in [5.41, 5.74) is 0. The van der Waals surface area contributed by atoms with Gasteiger partial charge in [-0.3, -0.25) is 0 Å². The lowest BCUT2D eigenvalue weighted by molar-refractivity contribution is 0.410. The van der Waals surface area contributed by atoms with Crippen molar-refractivity contribution in [1.82, 2.24) is 0 Å². The second kappa shape index (κ2) is 1.97. The lowest BCUT2D eigenvalue weighted by Gasteiger charge is -2.33. The van der Waals surface area contributed by atoms with E-state index in [1.807, 2.05) is 0 Å². The van der Waals surface area contributed by atoms with Crippen molar-refractivity contribution >= 4 is 10.0 Å². The molecule has 4 heteroatoms. The fraction of sp³-hybridized carbons (Fsp3) is 0.667. The molecule has 0 aromatic carbocycles. The number of primary sulfonamides is 1. The summed E-state index contributed by atoms with van der Waals surface area (Å²) in [6.07, 6.45) is 6.94. The molecule has 3 nitrogen and oxygen atoms in total. The third-order valence-corrected chi connectivity index (χ3v) is 3.58. The van der Waals surface area contributed by atoms with Crippen LogP contribution in [0.15, 0.2) is 0 Å². The van der Waals surface area contributed by atoms with Crippen LogP contribution >= 0.6 is 0 Å². The smallest absolute Gasteiger partial charge is 0.226 e. The highest BCUT2D eigenvalue weighted by Crippen LogP contribution is 2.36. The van der Waals surface area contributed by atoms with E-state index < -0.39 is 14.8 Å². The Labute approximate surface area is 60.7 Å². The summed E-state index contributed by atoms with van der Waals surface area (Å²) >= 11 is 0. The highest BCUT2D eigenvalue weighted by molar-refractivity contribution is 7.90. The quantitative estimate of drug-likeness (QED) is 0.540. The Morgan fingerprint density at radius 1 is 1.50 bits per heavy atom. The molecule has 0 aliphatic heterocycles. The van der Waals surface area contributed by atoms with Gasteiger partial charge in [-0.1, -0.05) is 5.92 Å². The first kappa shape index (κ1) is 7.58. The lowest BCUT2D eigenvalue weighted by Crippen LogP contribution is -2.47. The number of rotatable bonds is 1. The second-order valence-corrected chi connectivity index (χ2v) is 4.41. The predicted molar refractivity (Wildman–Crippen MR) is 38.5 cm³/mol. The minimum Gasteiger partial charge on any atom is -0.227 e. The van der Waals surface area contributed by atoms with Gasteiger partial charge in [-0.25, -0.2) is 13.6 Å². The summed E-state index contributed by atoms with van der Waals surface area (Å²) in [7, 11) is -3.51. The molecule has 1 fully saturated rings. The Morgan fingerprint density at radius 2 is 2.00 bits per heavy atom. The van der Waals surface area contributed by atoms with Crippen molar-refractivity contribution in [2.45, 2.75) is 24.0 Å². The molecule has 0 atom stereocenters. The largest absolute Gasteiger partial charge is 0.227 e. The molecule has 1 aliphatic carbocycles. The van der Waals surface area contributed by atoms with Gasteiger partial charge in [0.1, 0.15) is 4.75 Å². The molecule has 1 rings (SSSR count). The number of hydrogen-bond acceptors (Lipinski definition) is 2. The molecule has 0 unspecified atom stereocenters. The highest BCUT2D eigenvalue weighted by Gasteiger charge is 2.45. The van der Waals surface area contributed by atoms with Crippen molar-refractivity contribution < 1.29 is 8.42 Å². The summed E-state index contributed by atoms with van der Waals surface area (Å²) < 4.78 is 20.6. The summed E-state index contributed by atoms with van der Waals surface area (Å²) in [5.74, 6) is 2.24. The number of nitrogens with two attached hydrogens (primary N) is 1.